The molecule has 0 aliphatic heterocycles. The van der Waals surface area contributed by atoms with Gasteiger partial charge in [-0.2, -0.15) is 27.8 Å². The van der Waals surface area contributed by atoms with Crippen LogP contribution in [-0.2, 0) is 9.78 Å². The van der Waals surface area contributed by atoms with Crippen LogP contribution in [0, 0.1) is 5.41 Å². The third kappa shape index (κ3) is 3.25. The average Bonchev–Trinajstić information content (AvgIpc) is 3.05. The largest absolute Gasteiger partial charge is 0.465 e. The van der Waals surface area contributed by atoms with Gasteiger partial charge in [0.15, 0.2) is 0 Å². The van der Waals surface area contributed by atoms with E-state index >= 15 is 0 Å². The van der Waals surface area contributed by atoms with E-state index in [0.29, 0.717) is 0 Å². The number of alkyl halides is 3. The number of hydrogen-bond acceptors (Lipinski definition) is 4. The number of rotatable bonds is 5. The van der Waals surface area contributed by atoms with Crippen molar-refractivity contribution in [1.82, 2.24) is 9.78 Å². The summed E-state index contributed by atoms with van der Waals surface area (Å²) < 4.78 is 54.5. The van der Waals surface area contributed by atoms with Crippen molar-refractivity contribution in [1.29, 1.82) is 0 Å². The van der Waals surface area contributed by atoms with Crippen LogP contribution in [0.4, 0.5) is 18.0 Å². The SMILES string of the molecule is [2H]C([2H])(CCOOC(=O)n1cccn1)C1(C(F)(F)F)CC1. The molecule has 0 N–H and O–H groups in total. The molecule has 1 aromatic heterocycles. The Morgan fingerprint density at radius 1 is 1.53 bits per heavy atom. The van der Waals surface area contributed by atoms with Crippen LogP contribution in [0.1, 0.15) is 28.4 Å². The zero-order valence-corrected chi connectivity index (χ0v) is 9.81. The molecule has 1 heterocycles. The van der Waals surface area contributed by atoms with Crippen molar-refractivity contribution in [3.8, 4) is 0 Å². The minimum atomic E-state index is -4.60. The Kier molecular flexibility index (Phi) is 3.08. The maximum Gasteiger partial charge on any atom is 0.465 e. The fourth-order valence-corrected chi connectivity index (χ4v) is 1.52. The molecule has 1 fully saturated rings. The summed E-state index contributed by atoms with van der Waals surface area (Å²) in [7, 11) is 0. The lowest BCUT2D eigenvalue weighted by molar-refractivity contribution is -0.242. The van der Waals surface area contributed by atoms with Gasteiger partial charge in [-0.05, 0) is 31.7 Å². The van der Waals surface area contributed by atoms with Gasteiger partial charge in [-0.25, -0.2) is 4.79 Å². The van der Waals surface area contributed by atoms with Gasteiger partial charge in [0.1, 0.15) is 0 Å². The van der Waals surface area contributed by atoms with Crippen LogP contribution in [0.5, 0.6) is 0 Å². The number of aromatic nitrogens is 2. The van der Waals surface area contributed by atoms with E-state index in [9.17, 15) is 18.0 Å². The molecular weight excluding hydrogens is 265 g/mol. The molecule has 0 aromatic carbocycles. The molecule has 1 aromatic rings. The molecule has 0 amide bonds. The van der Waals surface area contributed by atoms with Gasteiger partial charge in [0.25, 0.3) is 0 Å². The van der Waals surface area contributed by atoms with Crippen LogP contribution in [-0.4, -0.2) is 28.7 Å². The molecular formula is C11H13F3N2O3. The summed E-state index contributed by atoms with van der Waals surface area (Å²) in [5.74, 6) is 0. The second kappa shape index (κ2) is 5.20. The first-order valence-corrected chi connectivity index (χ1v) is 5.60. The van der Waals surface area contributed by atoms with Gasteiger partial charge in [-0.3, -0.25) is 4.89 Å². The van der Waals surface area contributed by atoms with E-state index in [2.05, 4.69) is 14.9 Å². The van der Waals surface area contributed by atoms with Crippen LogP contribution in [0.15, 0.2) is 18.5 Å². The first-order valence-electron chi connectivity index (χ1n) is 6.60. The van der Waals surface area contributed by atoms with Gasteiger partial charge in [0.2, 0.25) is 0 Å². The second-order valence-electron chi connectivity index (χ2n) is 4.13. The summed E-state index contributed by atoms with van der Waals surface area (Å²) >= 11 is 0. The number of nitrogens with zero attached hydrogens (tertiary/aromatic N) is 2. The normalized spacial score (nSPS) is 19.5. The van der Waals surface area contributed by atoms with Crippen molar-refractivity contribution in [3.63, 3.8) is 0 Å². The van der Waals surface area contributed by atoms with E-state index in [1.165, 1.54) is 18.5 Å². The number of hydrogen-bond donors (Lipinski definition) is 0. The van der Waals surface area contributed by atoms with Crippen molar-refractivity contribution < 1.29 is 30.5 Å². The van der Waals surface area contributed by atoms with Crippen molar-refractivity contribution >= 4 is 6.09 Å². The van der Waals surface area contributed by atoms with Gasteiger partial charge in [-0.15, -0.1) is 0 Å². The van der Waals surface area contributed by atoms with E-state index in [1.54, 1.807) is 0 Å². The lowest BCUT2D eigenvalue weighted by Crippen LogP contribution is -2.25. The number of carbonyl (C=O) groups excluding carboxylic acids is 1. The molecule has 0 saturated heterocycles. The Hall–Kier alpha value is -1.57. The van der Waals surface area contributed by atoms with Crippen molar-refractivity contribution in [2.75, 3.05) is 6.61 Å². The molecule has 5 nitrogen and oxygen atoms in total. The monoisotopic (exact) mass is 280 g/mol. The predicted octanol–water partition coefficient (Wildman–Crippen LogP) is 2.92. The Morgan fingerprint density at radius 2 is 2.26 bits per heavy atom. The van der Waals surface area contributed by atoms with Gasteiger partial charge in [-0.1, -0.05) is 0 Å². The van der Waals surface area contributed by atoms with Crippen LogP contribution < -0.4 is 0 Å². The first kappa shape index (κ1) is 11.3. The summed E-state index contributed by atoms with van der Waals surface area (Å²) in [6, 6.07) is 1.47. The zero-order valence-electron chi connectivity index (χ0n) is 11.8. The molecule has 2 rings (SSSR count). The fourth-order valence-electron chi connectivity index (χ4n) is 1.52. The third-order valence-electron chi connectivity index (χ3n) is 2.76. The average molecular weight is 280 g/mol. The molecule has 0 radical (unpaired) electrons. The Morgan fingerprint density at radius 3 is 2.79 bits per heavy atom. The van der Waals surface area contributed by atoms with Gasteiger partial charge < -0.3 is 0 Å². The van der Waals surface area contributed by atoms with Crippen LogP contribution in [0.3, 0.4) is 0 Å². The molecule has 8 heteroatoms. The number of halogens is 3. The predicted molar refractivity (Wildman–Crippen MR) is 57.0 cm³/mol. The molecule has 0 unspecified atom stereocenters. The molecule has 1 aliphatic rings. The fraction of sp³-hybridized carbons (Fsp3) is 0.636. The maximum atomic E-state index is 12.8. The van der Waals surface area contributed by atoms with E-state index < -0.39 is 37.1 Å². The van der Waals surface area contributed by atoms with Crippen LogP contribution in [0.25, 0.3) is 0 Å². The Balaban J connectivity index is 1.79. The standard InChI is InChI=1S/C11H13F3N2O3/c12-11(13,14)10(4-5-10)3-1-8-18-19-9(17)16-7-2-6-15-16/h2,6-7H,1,3-5,8H2/i3D2. The molecule has 0 atom stereocenters. The van der Waals surface area contributed by atoms with Crippen molar-refractivity contribution in [3.05, 3.63) is 18.5 Å². The zero-order chi connectivity index (χ0) is 15.7. The second-order valence-corrected chi connectivity index (χ2v) is 4.13. The highest BCUT2D eigenvalue weighted by molar-refractivity contribution is 5.68. The van der Waals surface area contributed by atoms with E-state index in [4.69, 9.17) is 2.74 Å². The maximum absolute atomic E-state index is 12.8. The van der Waals surface area contributed by atoms with E-state index in [1.807, 2.05) is 0 Å². The van der Waals surface area contributed by atoms with Gasteiger partial charge >= 0.3 is 12.3 Å². The topological polar surface area (TPSA) is 53.4 Å². The van der Waals surface area contributed by atoms with Crippen LogP contribution in [0.2, 0.25) is 0 Å². The minimum absolute atomic E-state index is 0.240. The molecule has 1 aliphatic carbocycles. The van der Waals surface area contributed by atoms with Crippen molar-refractivity contribution in [2.24, 2.45) is 5.41 Å². The van der Waals surface area contributed by atoms with Gasteiger partial charge in [0, 0.05) is 15.1 Å². The highest BCUT2D eigenvalue weighted by Crippen LogP contribution is 2.60. The van der Waals surface area contributed by atoms with Crippen LogP contribution >= 0.6 is 0 Å². The highest BCUT2D eigenvalue weighted by Gasteiger charge is 2.62. The molecule has 0 bridgehead atoms. The Labute approximate surface area is 110 Å². The summed E-state index contributed by atoms with van der Waals surface area (Å²) in [6.07, 6.45) is -6.40. The summed E-state index contributed by atoms with van der Waals surface area (Å²) in [5, 5.41) is 3.56. The number of carbonyl (C=O) groups is 1. The first-order chi connectivity index (χ1) is 9.70. The summed E-state index contributed by atoms with van der Waals surface area (Å²) in [4.78, 5) is 20.1. The molecule has 0 spiro atoms. The lowest BCUT2D eigenvalue weighted by Gasteiger charge is -2.18. The minimum Gasteiger partial charge on any atom is -0.274 e. The lowest BCUT2D eigenvalue weighted by atomic mass is 10.0. The smallest absolute Gasteiger partial charge is 0.274 e. The summed E-state index contributed by atoms with van der Waals surface area (Å²) in [5.41, 5.74) is -2.31. The highest BCUT2D eigenvalue weighted by atomic mass is 19.4. The third-order valence-corrected chi connectivity index (χ3v) is 2.76. The quantitative estimate of drug-likeness (QED) is 0.473. The van der Waals surface area contributed by atoms with Gasteiger partial charge in [0.05, 0.1) is 12.0 Å². The summed E-state index contributed by atoms with van der Waals surface area (Å²) in [6.45, 7) is -0.474. The van der Waals surface area contributed by atoms with E-state index in [0.717, 1.165) is 4.68 Å². The molecule has 1 saturated carbocycles. The molecule has 19 heavy (non-hydrogen) atoms. The van der Waals surface area contributed by atoms with E-state index in [-0.39, 0.29) is 12.8 Å². The molecule has 106 valence electrons. The van der Waals surface area contributed by atoms with Crippen molar-refractivity contribution in [2.45, 2.75) is 31.8 Å². The Bertz CT molecular complexity index is 501.